The minimum atomic E-state index is -0.644. The average Bonchev–Trinajstić information content (AvgIpc) is 3.26. The van der Waals surface area contributed by atoms with Crippen molar-refractivity contribution in [3.63, 3.8) is 0 Å². The summed E-state index contributed by atoms with van der Waals surface area (Å²) in [6.45, 7) is 6.18. The standard InChI is InChI=1S/C32H28I2N2O5S/c1-5-40-31(38)27-19(3)35-32-36(28(27)22-10-6-18(2)7-11-22)30(37)26(42-32)16-21-14-24(34)29(25(15-21)39-4)41-17-20-8-12-23(33)13-9-20/h6-16,28H,5,17H2,1-4H3/b26-16+/t28-/m1/s1. The number of hydrogen-bond donors (Lipinski definition) is 0. The Balaban J connectivity index is 1.56. The van der Waals surface area contributed by atoms with Gasteiger partial charge in [0.2, 0.25) is 0 Å². The van der Waals surface area contributed by atoms with E-state index in [2.05, 4.69) is 50.2 Å². The third-order valence-electron chi connectivity index (χ3n) is 6.76. The Kier molecular flexibility index (Phi) is 9.53. The van der Waals surface area contributed by atoms with Crippen LogP contribution in [0, 0.1) is 14.1 Å². The van der Waals surface area contributed by atoms with Gasteiger partial charge in [0.15, 0.2) is 16.3 Å². The highest BCUT2D eigenvalue weighted by Gasteiger charge is 2.33. The summed E-state index contributed by atoms with van der Waals surface area (Å²) in [4.78, 5) is 32.2. The normalized spacial score (nSPS) is 14.8. The fraction of sp³-hybridized carbons (Fsp3) is 0.219. The minimum absolute atomic E-state index is 0.228. The van der Waals surface area contributed by atoms with Gasteiger partial charge in [-0.05, 0) is 113 Å². The van der Waals surface area contributed by atoms with Crippen molar-refractivity contribution >= 4 is 68.6 Å². The summed E-state index contributed by atoms with van der Waals surface area (Å²) in [6, 6.07) is 19.2. The van der Waals surface area contributed by atoms with Crippen LogP contribution in [0.25, 0.3) is 6.08 Å². The summed E-state index contributed by atoms with van der Waals surface area (Å²) in [6.07, 6.45) is 1.83. The molecule has 0 spiro atoms. The lowest BCUT2D eigenvalue weighted by atomic mass is 9.95. The Bertz CT molecular complexity index is 1860. The predicted molar refractivity (Wildman–Crippen MR) is 181 cm³/mol. The molecule has 3 aromatic carbocycles. The third-order valence-corrected chi connectivity index (χ3v) is 9.26. The first-order valence-corrected chi connectivity index (χ1v) is 16.2. The van der Waals surface area contributed by atoms with Crippen molar-refractivity contribution in [1.29, 1.82) is 0 Å². The molecular weight excluding hydrogens is 778 g/mol. The largest absolute Gasteiger partial charge is 0.493 e. The molecule has 1 aliphatic heterocycles. The molecule has 0 aliphatic carbocycles. The number of esters is 1. The van der Waals surface area contributed by atoms with Gasteiger partial charge in [-0.3, -0.25) is 9.36 Å². The molecule has 0 bridgehead atoms. The van der Waals surface area contributed by atoms with Gasteiger partial charge in [0.05, 0.1) is 39.1 Å². The van der Waals surface area contributed by atoms with Gasteiger partial charge in [0, 0.05) is 3.57 Å². The highest BCUT2D eigenvalue weighted by molar-refractivity contribution is 14.1. The maximum Gasteiger partial charge on any atom is 0.338 e. The van der Waals surface area contributed by atoms with Crippen LogP contribution in [-0.4, -0.2) is 24.3 Å². The Labute approximate surface area is 274 Å². The number of hydrogen-bond acceptors (Lipinski definition) is 7. The van der Waals surface area contributed by atoms with Crippen LogP contribution in [0.15, 0.2) is 81.7 Å². The van der Waals surface area contributed by atoms with Crippen LogP contribution in [0.3, 0.4) is 0 Å². The molecule has 7 nitrogen and oxygen atoms in total. The number of ether oxygens (including phenoxy) is 3. The molecule has 2 heterocycles. The highest BCUT2D eigenvalue weighted by Crippen LogP contribution is 2.35. The van der Waals surface area contributed by atoms with Gasteiger partial charge in [-0.15, -0.1) is 0 Å². The van der Waals surface area contributed by atoms with Crippen LogP contribution < -0.4 is 24.4 Å². The summed E-state index contributed by atoms with van der Waals surface area (Å²) >= 11 is 5.79. The number of thiazole rings is 1. The van der Waals surface area contributed by atoms with Crippen molar-refractivity contribution in [2.45, 2.75) is 33.4 Å². The molecule has 1 aliphatic rings. The van der Waals surface area contributed by atoms with Gasteiger partial charge in [0.25, 0.3) is 5.56 Å². The molecule has 0 saturated carbocycles. The molecule has 0 amide bonds. The van der Waals surface area contributed by atoms with Gasteiger partial charge in [-0.25, -0.2) is 9.79 Å². The summed E-state index contributed by atoms with van der Waals surface area (Å²) in [5, 5.41) is 0. The second-order valence-electron chi connectivity index (χ2n) is 9.66. The number of allylic oxidation sites excluding steroid dienone is 1. The zero-order valence-corrected chi connectivity index (χ0v) is 28.6. The second-order valence-corrected chi connectivity index (χ2v) is 13.1. The van der Waals surface area contributed by atoms with Crippen molar-refractivity contribution in [2.75, 3.05) is 13.7 Å². The first-order chi connectivity index (χ1) is 20.2. The van der Waals surface area contributed by atoms with Crippen LogP contribution in [0.5, 0.6) is 11.5 Å². The fourth-order valence-corrected chi connectivity index (χ4v) is 6.89. The molecule has 0 N–H and O–H groups in total. The topological polar surface area (TPSA) is 79.1 Å². The zero-order chi connectivity index (χ0) is 30.0. The molecule has 0 fully saturated rings. The molecular formula is C32H28I2N2O5S. The van der Waals surface area contributed by atoms with Crippen molar-refractivity contribution in [1.82, 2.24) is 4.57 Å². The maximum atomic E-state index is 13.9. The Hall–Kier alpha value is -2.97. The van der Waals surface area contributed by atoms with E-state index in [1.54, 1.807) is 25.5 Å². The predicted octanol–water partition coefficient (Wildman–Crippen LogP) is 5.90. The molecule has 1 aromatic heterocycles. The van der Waals surface area contributed by atoms with E-state index in [0.29, 0.717) is 38.7 Å². The number of benzene rings is 3. The van der Waals surface area contributed by atoms with E-state index in [0.717, 1.165) is 29.4 Å². The Morgan fingerprint density at radius 1 is 1.07 bits per heavy atom. The first-order valence-electron chi connectivity index (χ1n) is 13.2. The summed E-state index contributed by atoms with van der Waals surface area (Å²) in [5.41, 5.74) is 4.42. The zero-order valence-electron chi connectivity index (χ0n) is 23.4. The number of aryl methyl sites for hydroxylation is 1. The fourth-order valence-electron chi connectivity index (χ4n) is 4.71. The van der Waals surface area contributed by atoms with Crippen LogP contribution in [0.4, 0.5) is 0 Å². The van der Waals surface area contributed by atoms with Gasteiger partial charge < -0.3 is 14.2 Å². The lowest BCUT2D eigenvalue weighted by Crippen LogP contribution is -2.39. The molecule has 0 saturated heterocycles. The monoisotopic (exact) mass is 806 g/mol. The second kappa shape index (κ2) is 13.1. The number of methoxy groups -OCH3 is 1. The van der Waals surface area contributed by atoms with E-state index >= 15 is 0 Å². The number of aromatic nitrogens is 1. The van der Waals surface area contributed by atoms with E-state index in [9.17, 15) is 9.59 Å². The average molecular weight is 806 g/mol. The van der Waals surface area contributed by atoms with E-state index < -0.39 is 12.0 Å². The number of rotatable bonds is 8. The molecule has 5 rings (SSSR count). The van der Waals surface area contributed by atoms with E-state index in [-0.39, 0.29) is 12.2 Å². The number of carbonyl (C=O) groups excluding carboxylic acids is 1. The maximum absolute atomic E-state index is 13.9. The number of halogens is 2. The van der Waals surface area contributed by atoms with Crippen molar-refractivity contribution in [3.05, 3.63) is 121 Å². The van der Waals surface area contributed by atoms with Crippen LogP contribution >= 0.6 is 56.5 Å². The van der Waals surface area contributed by atoms with E-state index in [4.69, 9.17) is 14.2 Å². The molecule has 10 heteroatoms. The molecule has 42 heavy (non-hydrogen) atoms. The van der Waals surface area contributed by atoms with Crippen molar-refractivity contribution in [3.8, 4) is 11.5 Å². The molecule has 0 radical (unpaired) electrons. The Morgan fingerprint density at radius 2 is 1.79 bits per heavy atom. The lowest BCUT2D eigenvalue weighted by Gasteiger charge is -2.24. The molecule has 216 valence electrons. The van der Waals surface area contributed by atoms with Gasteiger partial charge in [-0.1, -0.05) is 53.3 Å². The van der Waals surface area contributed by atoms with Crippen LogP contribution in [0.2, 0.25) is 0 Å². The minimum Gasteiger partial charge on any atom is -0.493 e. The van der Waals surface area contributed by atoms with E-state index in [1.165, 1.54) is 11.3 Å². The van der Waals surface area contributed by atoms with Gasteiger partial charge in [-0.2, -0.15) is 0 Å². The van der Waals surface area contributed by atoms with Crippen molar-refractivity contribution in [2.24, 2.45) is 4.99 Å². The molecule has 0 unspecified atom stereocenters. The van der Waals surface area contributed by atoms with Gasteiger partial charge >= 0.3 is 5.97 Å². The van der Waals surface area contributed by atoms with Crippen LogP contribution in [-0.2, 0) is 16.1 Å². The van der Waals surface area contributed by atoms with Crippen LogP contribution in [0.1, 0.15) is 42.1 Å². The smallest absolute Gasteiger partial charge is 0.338 e. The highest BCUT2D eigenvalue weighted by atomic mass is 127. The molecule has 1 atom stereocenters. The van der Waals surface area contributed by atoms with Crippen molar-refractivity contribution < 1.29 is 19.0 Å². The number of nitrogens with zero attached hydrogens (tertiary/aromatic N) is 2. The quantitative estimate of drug-likeness (QED) is 0.164. The summed E-state index contributed by atoms with van der Waals surface area (Å²) < 4.78 is 21.3. The first kappa shape index (κ1) is 30.5. The number of carbonyl (C=O) groups is 1. The SMILES string of the molecule is CCOC(=O)C1=C(C)N=c2s/c(=C/c3cc(I)c(OCc4ccc(I)cc4)c(OC)c3)c(=O)n2[C@@H]1c1ccc(C)cc1. The van der Waals surface area contributed by atoms with E-state index in [1.807, 2.05) is 73.7 Å². The third kappa shape index (κ3) is 6.35. The van der Waals surface area contributed by atoms with Gasteiger partial charge in [0.1, 0.15) is 6.61 Å². The Morgan fingerprint density at radius 3 is 2.45 bits per heavy atom. The summed E-state index contributed by atoms with van der Waals surface area (Å²) in [7, 11) is 1.60. The number of fused-ring (bicyclic) bond motifs is 1. The summed E-state index contributed by atoms with van der Waals surface area (Å²) in [5.74, 6) is 0.743. The molecule has 4 aromatic rings. The lowest BCUT2D eigenvalue weighted by molar-refractivity contribution is -0.139.